The number of allylic oxidation sites excluding steroid dienone is 1. The Morgan fingerprint density at radius 2 is 1.85 bits per heavy atom. The zero-order valence-corrected chi connectivity index (χ0v) is 24.5. The molecule has 216 valence electrons. The van der Waals surface area contributed by atoms with Crippen molar-refractivity contribution in [3.05, 3.63) is 84.7 Å². The number of H-pyrrole nitrogens is 1. The summed E-state index contributed by atoms with van der Waals surface area (Å²) in [6.45, 7) is 10.1. The van der Waals surface area contributed by atoms with Gasteiger partial charge in [0.25, 0.3) is 0 Å². The van der Waals surface area contributed by atoms with Crippen molar-refractivity contribution in [3.8, 4) is 22.4 Å². The van der Waals surface area contributed by atoms with E-state index >= 15 is 0 Å². The number of pyridine rings is 1. The number of aromatic nitrogens is 2. The fourth-order valence-corrected chi connectivity index (χ4v) is 4.61. The van der Waals surface area contributed by atoms with Gasteiger partial charge in [-0.1, -0.05) is 30.8 Å². The molecule has 0 bridgehead atoms. The summed E-state index contributed by atoms with van der Waals surface area (Å²) in [5, 5.41) is 3.88. The summed E-state index contributed by atoms with van der Waals surface area (Å²) in [7, 11) is 6.26. The number of amides is 1. The molecule has 0 saturated heterocycles. The van der Waals surface area contributed by atoms with E-state index in [0.29, 0.717) is 6.54 Å². The lowest BCUT2D eigenvalue weighted by molar-refractivity contribution is -0.111. The zero-order valence-electron chi connectivity index (χ0n) is 24.5. The van der Waals surface area contributed by atoms with Crippen molar-refractivity contribution in [2.45, 2.75) is 13.8 Å². The Kier molecular flexibility index (Phi) is 9.37. The molecule has 0 aliphatic carbocycles. The van der Waals surface area contributed by atoms with E-state index in [1.165, 1.54) is 6.08 Å². The third kappa shape index (κ3) is 6.73. The number of carbonyl (C=O) groups is 1. The third-order valence-corrected chi connectivity index (χ3v) is 7.03. The number of likely N-dealkylation sites (N-methyl/N-ethyl adjacent to an activating group) is 2. The van der Waals surface area contributed by atoms with Crippen LogP contribution >= 0.6 is 0 Å². The third-order valence-electron chi connectivity index (χ3n) is 7.03. The predicted molar refractivity (Wildman–Crippen MR) is 178 cm³/mol. The molecule has 0 atom stereocenters. The molecule has 0 fully saturated rings. The first-order valence-electron chi connectivity index (χ1n) is 13.7. The lowest BCUT2D eigenvalue weighted by Gasteiger charge is -2.21. The van der Waals surface area contributed by atoms with Gasteiger partial charge in [0.15, 0.2) is 0 Å². The number of aryl methyl sites for hydroxylation is 1. The average molecular weight is 554 g/mol. The maximum Gasteiger partial charge on any atom is 0.247 e. The number of aromatic amines is 1. The number of aliphatic imine (C=N–C) groups is 1. The highest BCUT2D eigenvalue weighted by Crippen LogP contribution is 2.40. The van der Waals surface area contributed by atoms with Crippen molar-refractivity contribution in [2.75, 3.05) is 51.0 Å². The SMILES string of the molecule is C=CC(=O)Nc1cc(-c2c(-c3ccc(N(C)CCN(C)C)cc3)[nH]c3ncc(/C(C=NCC)=C/N)cc23)ccc1C.[HH].[HH]. The van der Waals surface area contributed by atoms with E-state index in [0.717, 1.165) is 74.6 Å². The molecule has 4 aromatic rings. The number of benzene rings is 2. The molecule has 41 heavy (non-hydrogen) atoms. The average Bonchev–Trinajstić information content (AvgIpc) is 3.36. The predicted octanol–water partition coefficient (Wildman–Crippen LogP) is 6.21. The number of hydrogen-bond acceptors (Lipinski definition) is 6. The van der Waals surface area contributed by atoms with E-state index in [-0.39, 0.29) is 8.76 Å². The summed E-state index contributed by atoms with van der Waals surface area (Å²) in [5.41, 5.74) is 15.1. The van der Waals surface area contributed by atoms with E-state index in [1.807, 2.05) is 26.0 Å². The molecule has 4 N–H and O–H groups in total. The van der Waals surface area contributed by atoms with Gasteiger partial charge in [0, 0.05) is 81.6 Å². The van der Waals surface area contributed by atoms with Crippen molar-refractivity contribution < 1.29 is 7.65 Å². The van der Waals surface area contributed by atoms with E-state index in [2.05, 4.69) is 89.2 Å². The zero-order chi connectivity index (χ0) is 29.5. The summed E-state index contributed by atoms with van der Waals surface area (Å²) >= 11 is 0. The first-order chi connectivity index (χ1) is 19.7. The second kappa shape index (κ2) is 13.1. The molecule has 0 saturated carbocycles. The highest BCUT2D eigenvalue weighted by molar-refractivity contribution is 6.12. The maximum atomic E-state index is 12.2. The molecule has 4 rings (SSSR count). The van der Waals surface area contributed by atoms with Gasteiger partial charge in [-0.15, -0.1) is 0 Å². The van der Waals surface area contributed by atoms with E-state index in [9.17, 15) is 4.79 Å². The lowest BCUT2D eigenvalue weighted by Crippen LogP contribution is -2.28. The Morgan fingerprint density at radius 3 is 2.51 bits per heavy atom. The second-order valence-corrected chi connectivity index (χ2v) is 10.2. The van der Waals surface area contributed by atoms with Crippen LogP contribution in [0, 0.1) is 6.92 Å². The first kappa shape index (κ1) is 29.3. The van der Waals surface area contributed by atoms with E-state index < -0.39 is 0 Å². The number of anilines is 2. The highest BCUT2D eigenvalue weighted by Gasteiger charge is 2.19. The molecule has 0 unspecified atom stereocenters. The van der Waals surface area contributed by atoms with Crippen LogP contribution in [0.2, 0.25) is 0 Å². The van der Waals surface area contributed by atoms with Crippen LogP contribution < -0.4 is 16.0 Å². The smallest absolute Gasteiger partial charge is 0.247 e. The van der Waals surface area contributed by atoms with Gasteiger partial charge in [-0.05, 0) is 75.0 Å². The van der Waals surface area contributed by atoms with Gasteiger partial charge in [0.1, 0.15) is 5.65 Å². The normalized spacial score (nSPS) is 11.9. The number of fused-ring (bicyclic) bond motifs is 1. The maximum absolute atomic E-state index is 12.2. The molecule has 2 aromatic heterocycles. The van der Waals surface area contributed by atoms with Crippen LogP contribution in [0.25, 0.3) is 39.0 Å². The largest absolute Gasteiger partial charge is 0.404 e. The molecular weight excluding hydrogens is 510 g/mol. The summed E-state index contributed by atoms with van der Waals surface area (Å²) in [4.78, 5) is 29.3. The molecule has 0 radical (unpaired) electrons. The van der Waals surface area contributed by atoms with Crippen LogP contribution in [0.15, 0.2) is 78.6 Å². The van der Waals surface area contributed by atoms with Crippen LogP contribution in [0.5, 0.6) is 0 Å². The van der Waals surface area contributed by atoms with Crippen LogP contribution in [0.4, 0.5) is 11.4 Å². The Balaban J connectivity index is 0.00000323. The first-order valence-corrected chi connectivity index (χ1v) is 13.7. The molecule has 8 heteroatoms. The number of carbonyl (C=O) groups excluding carboxylic acids is 1. The van der Waals surface area contributed by atoms with Crippen molar-refractivity contribution in [1.29, 1.82) is 0 Å². The van der Waals surface area contributed by atoms with Crippen molar-refractivity contribution in [2.24, 2.45) is 10.7 Å². The standard InChI is InChI=1S/C33H39N7O.2H2/c1-7-30(41)37-29-18-24(10-9-22(29)3)31-28-17-25(26(19-34)20-35-8-2)21-36-33(28)38-32(31)23-11-13-27(14-12-23)40(6)16-15-39(4)5;;/h7,9-14,17-21H,1,8,15-16,34H2,2-6H3,(H,36,38)(H,37,41);2*1H/b26-19+,35-20?;;. The molecule has 0 aliphatic rings. The Morgan fingerprint density at radius 1 is 1.12 bits per heavy atom. The molecule has 8 nitrogen and oxygen atoms in total. The Labute approximate surface area is 245 Å². The summed E-state index contributed by atoms with van der Waals surface area (Å²) in [6.07, 6.45) is 6.40. The number of rotatable bonds is 11. The van der Waals surface area contributed by atoms with Crippen molar-refractivity contribution in [3.63, 3.8) is 0 Å². The topological polar surface area (TPSA) is 103 Å². The van der Waals surface area contributed by atoms with E-state index in [4.69, 9.17) is 10.7 Å². The molecule has 1 amide bonds. The van der Waals surface area contributed by atoms with Gasteiger partial charge in [0.2, 0.25) is 5.91 Å². The van der Waals surface area contributed by atoms with Gasteiger partial charge in [0.05, 0.1) is 5.69 Å². The van der Waals surface area contributed by atoms with Gasteiger partial charge in [-0.2, -0.15) is 0 Å². The van der Waals surface area contributed by atoms with Gasteiger partial charge in [-0.3, -0.25) is 9.79 Å². The summed E-state index contributed by atoms with van der Waals surface area (Å²) in [6, 6.07) is 16.7. The number of nitrogens with one attached hydrogen (secondary N) is 2. The van der Waals surface area contributed by atoms with Gasteiger partial charge in [-0.25, -0.2) is 4.98 Å². The number of hydrogen-bond donors (Lipinski definition) is 3. The van der Waals surface area contributed by atoms with Crippen molar-refractivity contribution >= 4 is 40.1 Å². The molecule has 0 aliphatic heterocycles. The fraction of sp³-hybridized carbons (Fsp3) is 0.242. The molecule has 0 spiro atoms. The minimum absolute atomic E-state index is 0. The number of nitrogens with zero attached hydrogens (tertiary/aromatic N) is 4. The summed E-state index contributed by atoms with van der Waals surface area (Å²) < 4.78 is 0. The minimum Gasteiger partial charge on any atom is -0.404 e. The van der Waals surface area contributed by atoms with Crippen LogP contribution in [-0.4, -0.2) is 67.8 Å². The highest BCUT2D eigenvalue weighted by atomic mass is 16.1. The molecular formula is C33H43N7O. The quantitative estimate of drug-likeness (QED) is 0.151. The lowest BCUT2D eigenvalue weighted by atomic mass is 9.96. The summed E-state index contributed by atoms with van der Waals surface area (Å²) in [5.74, 6) is -0.254. The van der Waals surface area contributed by atoms with Crippen LogP contribution in [0.1, 0.15) is 20.9 Å². The van der Waals surface area contributed by atoms with Crippen LogP contribution in [0.3, 0.4) is 0 Å². The van der Waals surface area contributed by atoms with Gasteiger partial charge < -0.3 is 25.8 Å². The van der Waals surface area contributed by atoms with Crippen LogP contribution in [-0.2, 0) is 4.79 Å². The minimum atomic E-state index is -0.254. The van der Waals surface area contributed by atoms with Gasteiger partial charge >= 0.3 is 0 Å². The Bertz CT molecular complexity index is 1610. The molecule has 2 aromatic carbocycles. The second-order valence-electron chi connectivity index (χ2n) is 10.2. The number of nitrogens with two attached hydrogens (primary N) is 1. The van der Waals surface area contributed by atoms with Crippen molar-refractivity contribution in [1.82, 2.24) is 14.9 Å². The van der Waals surface area contributed by atoms with E-state index in [1.54, 1.807) is 18.6 Å². The Hall–Kier alpha value is -4.69. The monoisotopic (exact) mass is 553 g/mol. The molecule has 2 heterocycles. The fourth-order valence-electron chi connectivity index (χ4n) is 4.61.